The van der Waals surface area contributed by atoms with E-state index in [0.29, 0.717) is 24.3 Å². The Labute approximate surface area is 146 Å². The van der Waals surface area contributed by atoms with Crippen LogP contribution in [0.15, 0.2) is 22.0 Å². The molecule has 1 saturated heterocycles. The van der Waals surface area contributed by atoms with E-state index in [1.807, 2.05) is 6.92 Å². The molecule has 1 amide bonds. The number of nitro groups is 2. The number of thioether (sulfide) groups is 1. The molecular weight excluding hydrogens is 352 g/mol. The predicted molar refractivity (Wildman–Crippen MR) is 92.3 cm³/mol. The number of aromatic hydroxyl groups is 1. The van der Waals surface area contributed by atoms with Gasteiger partial charge in [0.15, 0.2) is 5.17 Å². The summed E-state index contributed by atoms with van der Waals surface area (Å²) >= 11 is 1.04. The van der Waals surface area contributed by atoms with Gasteiger partial charge in [0.1, 0.15) is 0 Å². The Morgan fingerprint density at radius 1 is 1.28 bits per heavy atom. The molecule has 2 rings (SSSR count). The van der Waals surface area contributed by atoms with Crippen molar-refractivity contribution in [2.45, 2.75) is 13.8 Å². The fourth-order valence-corrected chi connectivity index (χ4v) is 3.26. The molecule has 0 spiro atoms. The number of likely N-dealkylation sites (N-methyl/N-ethyl adjacent to an activating group) is 1. The number of carbonyl (C=O) groups excluding carboxylic acids is 1. The largest absolute Gasteiger partial charge is 0.502 e. The lowest BCUT2D eigenvalue weighted by molar-refractivity contribution is -0.394. The number of phenols is 1. The van der Waals surface area contributed by atoms with Crippen LogP contribution in [-0.4, -0.2) is 44.0 Å². The molecule has 0 atom stereocenters. The van der Waals surface area contributed by atoms with E-state index in [-0.39, 0.29) is 16.4 Å². The number of benzene rings is 1. The Balaban J connectivity index is 2.57. The first-order valence-electron chi connectivity index (χ1n) is 7.21. The van der Waals surface area contributed by atoms with Gasteiger partial charge in [-0.25, -0.2) is 0 Å². The van der Waals surface area contributed by atoms with Gasteiger partial charge in [-0.15, -0.1) is 0 Å². The maximum atomic E-state index is 12.4. The lowest BCUT2D eigenvalue weighted by atomic mass is 10.1. The fraction of sp³-hybridized carbons (Fsp3) is 0.286. The molecule has 10 nitrogen and oxygen atoms in total. The molecule has 0 aromatic heterocycles. The standard InChI is InChI=1S/C14H14N4O6S/c1-3-15-14-16(4-2)13(20)11(25-14)6-8-5-9(17(21)22)7-10(12(8)19)18(23)24/h5-7,19H,3-4H2,1-2H3/b11-6+,15-14?. The first-order chi connectivity index (χ1) is 11.8. The number of carbonyl (C=O) groups is 1. The second-order valence-corrected chi connectivity index (χ2v) is 5.84. The quantitative estimate of drug-likeness (QED) is 0.480. The first kappa shape index (κ1) is 18.4. The lowest BCUT2D eigenvalue weighted by Gasteiger charge is -2.11. The molecular formula is C14H14N4O6S. The molecule has 0 radical (unpaired) electrons. The van der Waals surface area contributed by atoms with Gasteiger partial charge >= 0.3 is 5.69 Å². The molecule has 1 N–H and O–H groups in total. The van der Waals surface area contributed by atoms with Gasteiger partial charge in [0.05, 0.1) is 20.8 Å². The molecule has 25 heavy (non-hydrogen) atoms. The van der Waals surface area contributed by atoms with Crippen molar-refractivity contribution in [3.05, 3.63) is 42.8 Å². The smallest absolute Gasteiger partial charge is 0.318 e. The Bertz CT molecular complexity index is 820. The molecule has 0 bridgehead atoms. The number of amides is 1. The van der Waals surface area contributed by atoms with Crippen LogP contribution in [0.3, 0.4) is 0 Å². The van der Waals surface area contributed by atoms with E-state index >= 15 is 0 Å². The molecule has 11 heteroatoms. The summed E-state index contributed by atoms with van der Waals surface area (Å²) < 4.78 is 0. The normalized spacial score (nSPS) is 17.5. The molecule has 0 aliphatic carbocycles. The zero-order valence-corrected chi connectivity index (χ0v) is 14.1. The van der Waals surface area contributed by atoms with Gasteiger partial charge in [0.25, 0.3) is 11.6 Å². The van der Waals surface area contributed by atoms with Crippen molar-refractivity contribution in [3.63, 3.8) is 0 Å². The molecule has 1 fully saturated rings. The number of hydrogen-bond donors (Lipinski definition) is 1. The van der Waals surface area contributed by atoms with Crippen molar-refractivity contribution < 1.29 is 19.7 Å². The van der Waals surface area contributed by atoms with Crippen LogP contribution in [0.5, 0.6) is 5.75 Å². The van der Waals surface area contributed by atoms with Crippen molar-refractivity contribution in [1.82, 2.24) is 4.90 Å². The fourth-order valence-electron chi connectivity index (χ4n) is 2.16. The Kier molecular flexibility index (Phi) is 5.37. The number of non-ortho nitro benzene ring substituents is 1. The molecule has 1 aromatic carbocycles. The maximum Gasteiger partial charge on any atom is 0.318 e. The van der Waals surface area contributed by atoms with Crippen molar-refractivity contribution in [1.29, 1.82) is 0 Å². The highest BCUT2D eigenvalue weighted by atomic mass is 32.2. The number of rotatable bonds is 5. The number of nitrogens with zero attached hydrogens (tertiary/aromatic N) is 4. The zero-order valence-electron chi connectivity index (χ0n) is 13.3. The summed E-state index contributed by atoms with van der Waals surface area (Å²) in [6.45, 7) is 4.42. The van der Waals surface area contributed by atoms with Crippen molar-refractivity contribution in [3.8, 4) is 5.75 Å². The van der Waals surface area contributed by atoms with Crippen LogP contribution in [0.2, 0.25) is 0 Å². The second kappa shape index (κ2) is 7.30. The van der Waals surface area contributed by atoms with Gasteiger partial charge in [0, 0.05) is 24.7 Å². The lowest BCUT2D eigenvalue weighted by Crippen LogP contribution is -2.28. The van der Waals surface area contributed by atoms with Crippen LogP contribution < -0.4 is 0 Å². The maximum absolute atomic E-state index is 12.4. The van der Waals surface area contributed by atoms with E-state index in [2.05, 4.69) is 4.99 Å². The minimum Gasteiger partial charge on any atom is -0.502 e. The second-order valence-electron chi connectivity index (χ2n) is 4.83. The highest BCUT2D eigenvalue weighted by molar-refractivity contribution is 8.18. The highest BCUT2D eigenvalue weighted by Gasteiger charge is 2.33. The highest BCUT2D eigenvalue weighted by Crippen LogP contribution is 2.39. The van der Waals surface area contributed by atoms with Crippen LogP contribution in [0.4, 0.5) is 11.4 Å². The van der Waals surface area contributed by atoms with Crippen LogP contribution in [-0.2, 0) is 4.79 Å². The Hall–Kier alpha value is -2.95. The minimum absolute atomic E-state index is 0.166. The average Bonchev–Trinajstić information content (AvgIpc) is 2.84. The number of nitro benzene ring substituents is 2. The van der Waals surface area contributed by atoms with E-state index in [0.717, 1.165) is 17.8 Å². The molecule has 0 saturated carbocycles. The Morgan fingerprint density at radius 2 is 1.96 bits per heavy atom. The minimum atomic E-state index is -0.920. The predicted octanol–water partition coefficient (Wildman–Crippen LogP) is 2.52. The third-order valence-electron chi connectivity index (χ3n) is 3.30. The molecule has 132 valence electrons. The van der Waals surface area contributed by atoms with Gasteiger partial charge in [-0.3, -0.25) is 34.9 Å². The zero-order chi connectivity index (χ0) is 18.7. The number of phenolic OH excluding ortho intramolecular Hbond substituents is 1. The van der Waals surface area contributed by atoms with E-state index in [1.165, 1.54) is 11.0 Å². The van der Waals surface area contributed by atoms with Gasteiger partial charge < -0.3 is 5.11 Å². The summed E-state index contributed by atoms with van der Waals surface area (Å²) in [7, 11) is 0. The number of hydrogen-bond acceptors (Lipinski definition) is 8. The molecule has 1 aliphatic heterocycles. The average molecular weight is 366 g/mol. The van der Waals surface area contributed by atoms with Crippen molar-refractivity contribution in [2.24, 2.45) is 4.99 Å². The van der Waals surface area contributed by atoms with Gasteiger partial charge in [0.2, 0.25) is 5.75 Å². The molecule has 1 heterocycles. The van der Waals surface area contributed by atoms with Gasteiger partial charge in [-0.2, -0.15) is 0 Å². The Morgan fingerprint density at radius 3 is 2.48 bits per heavy atom. The number of aliphatic imine (C=N–C) groups is 1. The number of amidine groups is 1. The third-order valence-corrected chi connectivity index (χ3v) is 4.34. The van der Waals surface area contributed by atoms with Crippen LogP contribution in [0.1, 0.15) is 19.4 Å². The third kappa shape index (κ3) is 3.60. The van der Waals surface area contributed by atoms with Gasteiger partial charge in [-0.05, 0) is 31.7 Å². The van der Waals surface area contributed by atoms with E-state index in [1.54, 1.807) is 6.92 Å². The van der Waals surface area contributed by atoms with E-state index in [4.69, 9.17) is 0 Å². The summed E-state index contributed by atoms with van der Waals surface area (Å²) in [5.41, 5.74) is -1.53. The molecule has 1 aromatic rings. The molecule has 1 aliphatic rings. The SMILES string of the molecule is CCN=C1S/C(=C/c2cc([N+](=O)[O-])cc([N+](=O)[O-])c2O)C(=O)N1CC. The van der Waals surface area contributed by atoms with Crippen LogP contribution >= 0.6 is 11.8 Å². The van der Waals surface area contributed by atoms with Crippen LogP contribution in [0, 0.1) is 20.2 Å². The topological polar surface area (TPSA) is 139 Å². The van der Waals surface area contributed by atoms with Crippen molar-refractivity contribution >= 4 is 40.3 Å². The summed E-state index contributed by atoms with van der Waals surface area (Å²) in [6.07, 6.45) is 1.20. The van der Waals surface area contributed by atoms with E-state index < -0.39 is 27.0 Å². The summed E-state index contributed by atoms with van der Waals surface area (Å²) in [4.78, 5) is 38.4. The van der Waals surface area contributed by atoms with E-state index in [9.17, 15) is 30.1 Å². The van der Waals surface area contributed by atoms with Crippen molar-refractivity contribution in [2.75, 3.05) is 13.1 Å². The summed E-state index contributed by atoms with van der Waals surface area (Å²) in [5, 5.41) is 32.5. The molecule has 0 unspecified atom stereocenters. The first-order valence-corrected chi connectivity index (χ1v) is 8.03. The monoisotopic (exact) mass is 366 g/mol. The van der Waals surface area contributed by atoms with Gasteiger partial charge in [-0.1, -0.05) is 0 Å². The van der Waals surface area contributed by atoms with Crippen LogP contribution in [0.25, 0.3) is 6.08 Å². The summed E-state index contributed by atoms with van der Waals surface area (Å²) in [6, 6.07) is 1.65. The summed E-state index contributed by atoms with van der Waals surface area (Å²) in [5.74, 6) is -1.12.